The summed E-state index contributed by atoms with van der Waals surface area (Å²) in [7, 11) is 0. The van der Waals surface area contributed by atoms with Gasteiger partial charge in [0, 0.05) is 18.5 Å². The summed E-state index contributed by atoms with van der Waals surface area (Å²) in [5, 5.41) is 3.30. The molecule has 2 aliphatic carbocycles. The lowest BCUT2D eigenvalue weighted by atomic mass is 9.82. The zero-order valence-electron chi connectivity index (χ0n) is 13.1. The van der Waals surface area contributed by atoms with Crippen LogP contribution in [0.2, 0.25) is 0 Å². The minimum atomic E-state index is 0.273. The SMILES string of the molecule is CCC1CCCCC1NC(=O)CCC1CCCC(N)C1. The van der Waals surface area contributed by atoms with E-state index in [2.05, 4.69) is 12.2 Å². The second-order valence-electron chi connectivity index (χ2n) is 6.96. The van der Waals surface area contributed by atoms with Gasteiger partial charge in [0.25, 0.3) is 0 Å². The Bertz CT molecular complexity index is 305. The molecule has 116 valence electrons. The van der Waals surface area contributed by atoms with Crippen molar-refractivity contribution in [1.82, 2.24) is 5.32 Å². The van der Waals surface area contributed by atoms with E-state index in [0.29, 0.717) is 30.3 Å². The molecule has 0 aromatic carbocycles. The maximum atomic E-state index is 12.2. The molecule has 4 atom stereocenters. The van der Waals surface area contributed by atoms with Crippen LogP contribution in [0.1, 0.15) is 77.6 Å². The quantitative estimate of drug-likeness (QED) is 0.811. The molecule has 2 saturated carbocycles. The van der Waals surface area contributed by atoms with Gasteiger partial charge in [-0.1, -0.05) is 39.0 Å². The van der Waals surface area contributed by atoms with Gasteiger partial charge in [-0.2, -0.15) is 0 Å². The molecule has 2 fully saturated rings. The molecule has 3 N–H and O–H groups in total. The van der Waals surface area contributed by atoms with Crippen LogP contribution in [-0.4, -0.2) is 18.0 Å². The molecular weight excluding hydrogens is 248 g/mol. The Kier molecular flexibility index (Phi) is 6.34. The fraction of sp³-hybridized carbons (Fsp3) is 0.941. The smallest absolute Gasteiger partial charge is 0.220 e. The van der Waals surface area contributed by atoms with Gasteiger partial charge in [0.2, 0.25) is 5.91 Å². The highest BCUT2D eigenvalue weighted by Gasteiger charge is 2.25. The van der Waals surface area contributed by atoms with Gasteiger partial charge in [-0.15, -0.1) is 0 Å². The molecule has 20 heavy (non-hydrogen) atoms. The maximum Gasteiger partial charge on any atom is 0.220 e. The standard InChI is InChI=1S/C17H32N2O/c1-2-14-7-3-4-9-16(14)19-17(20)11-10-13-6-5-8-15(18)12-13/h13-16H,2-12,18H2,1H3,(H,19,20). The lowest BCUT2D eigenvalue weighted by molar-refractivity contribution is -0.122. The summed E-state index contributed by atoms with van der Waals surface area (Å²) in [6, 6.07) is 0.814. The predicted molar refractivity (Wildman–Crippen MR) is 83.3 cm³/mol. The van der Waals surface area contributed by atoms with Gasteiger partial charge >= 0.3 is 0 Å². The minimum Gasteiger partial charge on any atom is -0.353 e. The maximum absolute atomic E-state index is 12.2. The van der Waals surface area contributed by atoms with Crippen LogP contribution in [0.5, 0.6) is 0 Å². The van der Waals surface area contributed by atoms with Crippen molar-refractivity contribution in [3.8, 4) is 0 Å². The number of amides is 1. The molecule has 4 unspecified atom stereocenters. The highest BCUT2D eigenvalue weighted by Crippen LogP contribution is 2.28. The first-order valence-electron chi connectivity index (χ1n) is 8.74. The van der Waals surface area contributed by atoms with Gasteiger partial charge in [-0.05, 0) is 43.9 Å². The van der Waals surface area contributed by atoms with Crippen molar-refractivity contribution in [2.45, 2.75) is 89.6 Å². The zero-order chi connectivity index (χ0) is 14.4. The number of nitrogens with one attached hydrogen (secondary N) is 1. The Morgan fingerprint density at radius 3 is 2.70 bits per heavy atom. The molecule has 0 spiro atoms. The monoisotopic (exact) mass is 280 g/mol. The van der Waals surface area contributed by atoms with Crippen molar-refractivity contribution in [3.05, 3.63) is 0 Å². The topological polar surface area (TPSA) is 55.1 Å². The number of nitrogens with two attached hydrogens (primary N) is 1. The van der Waals surface area contributed by atoms with E-state index >= 15 is 0 Å². The van der Waals surface area contributed by atoms with Crippen LogP contribution >= 0.6 is 0 Å². The van der Waals surface area contributed by atoms with Crippen LogP contribution in [0.25, 0.3) is 0 Å². The number of carbonyl (C=O) groups excluding carboxylic acids is 1. The van der Waals surface area contributed by atoms with Gasteiger partial charge < -0.3 is 11.1 Å². The summed E-state index contributed by atoms with van der Waals surface area (Å²) in [6.07, 6.45) is 12.8. The van der Waals surface area contributed by atoms with Crippen molar-refractivity contribution in [1.29, 1.82) is 0 Å². The molecule has 3 nitrogen and oxygen atoms in total. The number of carbonyl (C=O) groups is 1. The molecule has 2 rings (SSSR count). The third kappa shape index (κ3) is 4.76. The second kappa shape index (κ2) is 8.02. The zero-order valence-corrected chi connectivity index (χ0v) is 13.1. The van der Waals surface area contributed by atoms with E-state index in [1.807, 2.05) is 0 Å². The van der Waals surface area contributed by atoms with E-state index in [1.54, 1.807) is 0 Å². The average molecular weight is 280 g/mol. The van der Waals surface area contributed by atoms with E-state index in [1.165, 1.54) is 51.4 Å². The Morgan fingerprint density at radius 2 is 1.95 bits per heavy atom. The van der Waals surface area contributed by atoms with Crippen molar-refractivity contribution in [3.63, 3.8) is 0 Å². The average Bonchev–Trinajstić information content (AvgIpc) is 2.46. The highest BCUT2D eigenvalue weighted by molar-refractivity contribution is 5.76. The lowest BCUT2D eigenvalue weighted by Crippen LogP contribution is -2.42. The van der Waals surface area contributed by atoms with E-state index in [4.69, 9.17) is 5.73 Å². The normalized spacial score (nSPS) is 34.7. The van der Waals surface area contributed by atoms with Gasteiger partial charge in [0.05, 0.1) is 0 Å². The van der Waals surface area contributed by atoms with Crippen molar-refractivity contribution in [2.24, 2.45) is 17.6 Å². The fourth-order valence-electron chi connectivity index (χ4n) is 4.10. The van der Waals surface area contributed by atoms with Crippen molar-refractivity contribution in [2.75, 3.05) is 0 Å². The molecule has 2 aliphatic rings. The number of rotatable bonds is 5. The van der Waals surface area contributed by atoms with Gasteiger partial charge in [0.15, 0.2) is 0 Å². The van der Waals surface area contributed by atoms with E-state index in [0.717, 1.165) is 12.8 Å². The van der Waals surface area contributed by atoms with Crippen LogP contribution < -0.4 is 11.1 Å². The number of hydrogen-bond acceptors (Lipinski definition) is 2. The Hall–Kier alpha value is -0.570. The van der Waals surface area contributed by atoms with Gasteiger partial charge in [0.1, 0.15) is 0 Å². The van der Waals surface area contributed by atoms with E-state index in [9.17, 15) is 4.79 Å². The summed E-state index contributed by atoms with van der Waals surface area (Å²) in [6.45, 7) is 2.25. The molecular formula is C17H32N2O. The first-order chi connectivity index (χ1) is 9.69. The molecule has 0 saturated heterocycles. The van der Waals surface area contributed by atoms with Crippen LogP contribution in [0, 0.1) is 11.8 Å². The first kappa shape index (κ1) is 15.8. The van der Waals surface area contributed by atoms with Crippen LogP contribution in [-0.2, 0) is 4.79 Å². The summed E-state index contributed by atoms with van der Waals surface area (Å²) in [5.74, 6) is 1.66. The van der Waals surface area contributed by atoms with Crippen LogP contribution in [0.4, 0.5) is 0 Å². The molecule has 0 radical (unpaired) electrons. The Morgan fingerprint density at radius 1 is 1.15 bits per heavy atom. The molecule has 0 aliphatic heterocycles. The lowest BCUT2D eigenvalue weighted by Gasteiger charge is -2.32. The summed E-state index contributed by atoms with van der Waals surface area (Å²) < 4.78 is 0. The van der Waals surface area contributed by atoms with Gasteiger partial charge in [-0.3, -0.25) is 4.79 Å². The molecule has 0 heterocycles. The molecule has 0 aromatic rings. The van der Waals surface area contributed by atoms with Crippen molar-refractivity contribution >= 4 is 5.91 Å². The molecule has 3 heteroatoms. The van der Waals surface area contributed by atoms with E-state index < -0.39 is 0 Å². The van der Waals surface area contributed by atoms with Crippen LogP contribution in [0.3, 0.4) is 0 Å². The molecule has 0 bridgehead atoms. The molecule has 1 amide bonds. The summed E-state index contributed by atoms with van der Waals surface area (Å²) in [5.41, 5.74) is 6.02. The minimum absolute atomic E-state index is 0.273. The summed E-state index contributed by atoms with van der Waals surface area (Å²) in [4.78, 5) is 12.2. The predicted octanol–water partition coefficient (Wildman–Crippen LogP) is 3.37. The van der Waals surface area contributed by atoms with Crippen molar-refractivity contribution < 1.29 is 4.79 Å². The molecule has 0 aromatic heterocycles. The second-order valence-corrected chi connectivity index (χ2v) is 6.96. The highest BCUT2D eigenvalue weighted by atomic mass is 16.1. The first-order valence-corrected chi connectivity index (χ1v) is 8.74. The number of hydrogen-bond donors (Lipinski definition) is 2. The fourth-order valence-corrected chi connectivity index (χ4v) is 4.10. The largest absolute Gasteiger partial charge is 0.353 e. The van der Waals surface area contributed by atoms with Crippen LogP contribution in [0.15, 0.2) is 0 Å². The third-order valence-corrected chi connectivity index (χ3v) is 5.38. The van der Waals surface area contributed by atoms with Gasteiger partial charge in [-0.25, -0.2) is 0 Å². The third-order valence-electron chi connectivity index (χ3n) is 5.38. The van der Waals surface area contributed by atoms with E-state index in [-0.39, 0.29) is 5.91 Å². The summed E-state index contributed by atoms with van der Waals surface area (Å²) >= 11 is 0. The Balaban J connectivity index is 1.69. The Labute approximate surface area is 124 Å².